The first-order chi connectivity index (χ1) is 9.00. The maximum absolute atomic E-state index is 13.9. The smallest absolute Gasteiger partial charge is 0.334 e. The molecular weight excluding hydrogens is 243 g/mol. The predicted molar refractivity (Wildman–Crippen MR) is 72.1 cm³/mol. The number of benzene rings is 1. The molecule has 0 saturated carbocycles. The number of halogens is 1. The van der Waals surface area contributed by atoms with E-state index in [4.69, 9.17) is 4.74 Å². The zero-order valence-electron chi connectivity index (χ0n) is 11.0. The van der Waals surface area contributed by atoms with Gasteiger partial charge in [0.15, 0.2) is 5.60 Å². The van der Waals surface area contributed by atoms with Gasteiger partial charge in [-0.1, -0.05) is 25.3 Å². The van der Waals surface area contributed by atoms with Crippen molar-refractivity contribution < 1.29 is 13.9 Å². The molecule has 1 atom stereocenters. The topological polar surface area (TPSA) is 26.3 Å². The van der Waals surface area contributed by atoms with Gasteiger partial charge < -0.3 is 4.74 Å². The number of hydrogen-bond acceptors (Lipinski definition) is 2. The van der Waals surface area contributed by atoms with Crippen molar-refractivity contribution in [2.75, 3.05) is 0 Å². The molecular formula is C16H17FO2. The summed E-state index contributed by atoms with van der Waals surface area (Å²) < 4.78 is 19.4. The predicted octanol–water partition coefficient (Wildman–Crippen LogP) is 3.66. The Bertz CT molecular complexity index is 548. The summed E-state index contributed by atoms with van der Waals surface area (Å²) in [5, 5.41) is 0. The van der Waals surface area contributed by atoms with Gasteiger partial charge in [0.2, 0.25) is 0 Å². The standard InChI is InChI=1S/C16H17FO2/c1-4-16(19-15(18)11(2)3)10-6-7-12-13(16)8-5-9-14(12)17/h4-5,8-9H,1-2,6-7,10H2,3H3. The second-order valence-corrected chi connectivity index (χ2v) is 4.88. The second-order valence-electron chi connectivity index (χ2n) is 4.88. The lowest BCUT2D eigenvalue weighted by Crippen LogP contribution is -2.34. The lowest BCUT2D eigenvalue weighted by atomic mass is 9.78. The van der Waals surface area contributed by atoms with Gasteiger partial charge in [-0.2, -0.15) is 0 Å². The molecule has 0 bridgehead atoms. The molecule has 2 rings (SSSR count). The summed E-state index contributed by atoms with van der Waals surface area (Å²) >= 11 is 0. The average Bonchev–Trinajstić information content (AvgIpc) is 2.39. The van der Waals surface area contributed by atoms with Crippen LogP contribution < -0.4 is 0 Å². The molecule has 2 nitrogen and oxygen atoms in total. The molecule has 0 spiro atoms. The summed E-state index contributed by atoms with van der Waals surface area (Å²) in [5.74, 6) is -0.730. The zero-order valence-corrected chi connectivity index (χ0v) is 11.0. The number of esters is 1. The molecule has 0 aliphatic heterocycles. The van der Waals surface area contributed by atoms with Crippen LogP contribution in [0.5, 0.6) is 0 Å². The highest BCUT2D eigenvalue weighted by Crippen LogP contribution is 2.40. The molecule has 100 valence electrons. The van der Waals surface area contributed by atoms with Crippen LogP contribution in [0, 0.1) is 5.82 Å². The molecule has 1 aliphatic rings. The Morgan fingerprint density at radius 1 is 1.53 bits per heavy atom. The Balaban J connectivity index is 2.49. The van der Waals surface area contributed by atoms with Crippen LogP contribution in [0.4, 0.5) is 4.39 Å². The van der Waals surface area contributed by atoms with Crippen LogP contribution in [0.1, 0.15) is 30.9 Å². The van der Waals surface area contributed by atoms with Crippen LogP contribution in [-0.2, 0) is 21.6 Å². The van der Waals surface area contributed by atoms with Gasteiger partial charge in [0.1, 0.15) is 5.82 Å². The van der Waals surface area contributed by atoms with Crippen molar-refractivity contribution in [3.05, 3.63) is 60.0 Å². The summed E-state index contributed by atoms with van der Waals surface area (Å²) in [5.41, 5.74) is 0.697. The van der Waals surface area contributed by atoms with Gasteiger partial charge in [0.05, 0.1) is 0 Å². The van der Waals surface area contributed by atoms with Crippen LogP contribution in [0.2, 0.25) is 0 Å². The van der Waals surface area contributed by atoms with E-state index in [0.29, 0.717) is 29.5 Å². The molecule has 0 amide bonds. The highest BCUT2D eigenvalue weighted by molar-refractivity contribution is 5.87. The lowest BCUT2D eigenvalue weighted by molar-refractivity contribution is -0.152. The summed E-state index contributed by atoms with van der Waals surface area (Å²) in [7, 11) is 0. The fraction of sp³-hybridized carbons (Fsp3) is 0.312. The number of ether oxygens (including phenoxy) is 1. The van der Waals surface area contributed by atoms with Crippen molar-refractivity contribution >= 4 is 5.97 Å². The van der Waals surface area contributed by atoms with E-state index in [2.05, 4.69) is 13.2 Å². The van der Waals surface area contributed by atoms with Gasteiger partial charge in [-0.05, 0) is 43.9 Å². The van der Waals surface area contributed by atoms with Crippen molar-refractivity contribution in [2.24, 2.45) is 0 Å². The third-order valence-corrected chi connectivity index (χ3v) is 3.50. The molecule has 1 aromatic rings. The minimum Gasteiger partial charge on any atom is -0.447 e. The Morgan fingerprint density at radius 3 is 2.89 bits per heavy atom. The van der Waals surface area contributed by atoms with Crippen LogP contribution in [0.15, 0.2) is 43.0 Å². The minimum atomic E-state index is -0.939. The van der Waals surface area contributed by atoms with E-state index < -0.39 is 11.6 Å². The molecule has 3 heteroatoms. The van der Waals surface area contributed by atoms with Crippen LogP contribution >= 0.6 is 0 Å². The molecule has 0 aromatic heterocycles. The molecule has 19 heavy (non-hydrogen) atoms. The van der Waals surface area contributed by atoms with E-state index in [1.807, 2.05) is 0 Å². The molecule has 1 unspecified atom stereocenters. The Labute approximate surface area is 112 Å². The molecule has 0 N–H and O–H groups in total. The Morgan fingerprint density at radius 2 is 2.26 bits per heavy atom. The molecule has 0 fully saturated rings. The van der Waals surface area contributed by atoms with Crippen LogP contribution in [0.3, 0.4) is 0 Å². The summed E-state index contributed by atoms with van der Waals surface area (Å²) in [4.78, 5) is 11.8. The van der Waals surface area contributed by atoms with E-state index in [9.17, 15) is 9.18 Å². The first-order valence-corrected chi connectivity index (χ1v) is 6.30. The SMILES string of the molecule is C=CC1(OC(=O)C(=C)C)CCCc2c(F)cccc21. The highest BCUT2D eigenvalue weighted by atomic mass is 19.1. The number of rotatable bonds is 3. The Kier molecular flexibility index (Phi) is 3.56. The second kappa shape index (κ2) is 5.00. The third-order valence-electron chi connectivity index (χ3n) is 3.50. The van der Waals surface area contributed by atoms with Gasteiger partial charge >= 0.3 is 5.97 Å². The summed E-state index contributed by atoms with van der Waals surface area (Å²) in [6.07, 6.45) is 3.61. The largest absolute Gasteiger partial charge is 0.447 e. The van der Waals surface area contributed by atoms with Gasteiger partial charge in [-0.15, -0.1) is 0 Å². The molecule has 1 aromatic carbocycles. The fourth-order valence-electron chi connectivity index (χ4n) is 2.48. The fourth-order valence-corrected chi connectivity index (χ4v) is 2.48. The maximum Gasteiger partial charge on any atom is 0.334 e. The first-order valence-electron chi connectivity index (χ1n) is 6.30. The van der Waals surface area contributed by atoms with E-state index in [-0.39, 0.29) is 5.82 Å². The van der Waals surface area contributed by atoms with E-state index in [1.54, 1.807) is 25.1 Å². The molecule has 0 radical (unpaired) electrons. The van der Waals surface area contributed by atoms with Gasteiger partial charge in [-0.3, -0.25) is 0 Å². The number of hydrogen-bond donors (Lipinski definition) is 0. The number of carbonyl (C=O) groups excluding carboxylic acids is 1. The maximum atomic E-state index is 13.9. The van der Waals surface area contributed by atoms with Crippen molar-refractivity contribution in [3.63, 3.8) is 0 Å². The number of fused-ring (bicyclic) bond motifs is 1. The van der Waals surface area contributed by atoms with E-state index >= 15 is 0 Å². The quantitative estimate of drug-likeness (QED) is 0.471. The van der Waals surface area contributed by atoms with Crippen LogP contribution in [0.25, 0.3) is 0 Å². The zero-order chi connectivity index (χ0) is 14.0. The summed E-state index contributed by atoms with van der Waals surface area (Å²) in [6.45, 7) is 8.94. The molecule has 0 heterocycles. The normalized spacial score (nSPS) is 21.4. The van der Waals surface area contributed by atoms with Gasteiger partial charge in [0, 0.05) is 11.1 Å². The van der Waals surface area contributed by atoms with Crippen LogP contribution in [-0.4, -0.2) is 5.97 Å². The first kappa shape index (κ1) is 13.5. The average molecular weight is 260 g/mol. The molecule has 0 saturated heterocycles. The third kappa shape index (κ3) is 2.33. The minimum absolute atomic E-state index is 0.255. The van der Waals surface area contributed by atoms with Crippen molar-refractivity contribution in [2.45, 2.75) is 31.8 Å². The van der Waals surface area contributed by atoms with Crippen molar-refractivity contribution in [1.29, 1.82) is 0 Å². The van der Waals surface area contributed by atoms with Crippen molar-refractivity contribution in [3.8, 4) is 0 Å². The van der Waals surface area contributed by atoms with E-state index in [1.165, 1.54) is 6.07 Å². The number of carbonyl (C=O) groups is 1. The van der Waals surface area contributed by atoms with E-state index in [0.717, 1.165) is 6.42 Å². The summed E-state index contributed by atoms with van der Waals surface area (Å²) in [6, 6.07) is 4.86. The Hall–Kier alpha value is -1.90. The van der Waals surface area contributed by atoms with Gasteiger partial charge in [0.25, 0.3) is 0 Å². The monoisotopic (exact) mass is 260 g/mol. The highest BCUT2D eigenvalue weighted by Gasteiger charge is 2.38. The lowest BCUT2D eigenvalue weighted by Gasteiger charge is -2.36. The molecule has 1 aliphatic carbocycles. The van der Waals surface area contributed by atoms with Gasteiger partial charge in [-0.25, -0.2) is 9.18 Å². The van der Waals surface area contributed by atoms with Crippen molar-refractivity contribution in [1.82, 2.24) is 0 Å².